The van der Waals surface area contributed by atoms with Crippen molar-refractivity contribution in [1.82, 2.24) is 15.0 Å². The number of aromatic nitrogens is 1. The van der Waals surface area contributed by atoms with Crippen molar-refractivity contribution in [2.24, 2.45) is 5.92 Å². The Labute approximate surface area is 158 Å². The maximum Gasteiger partial charge on any atom is 0.274 e. The van der Waals surface area contributed by atoms with E-state index in [1.54, 1.807) is 11.1 Å². The zero-order chi connectivity index (χ0) is 18.8. The average molecular weight is 360 g/mol. The normalized spacial score (nSPS) is 16.3. The van der Waals surface area contributed by atoms with Crippen LogP contribution in [-0.4, -0.2) is 39.9 Å². The highest BCUT2D eigenvalue weighted by Gasteiger charge is 2.33. The molecule has 2 aliphatic rings. The first-order chi connectivity index (χ1) is 13.2. The lowest BCUT2D eigenvalue weighted by atomic mass is 10.0. The maximum atomic E-state index is 12.9. The maximum absolute atomic E-state index is 12.9. The molecule has 2 amide bonds. The summed E-state index contributed by atoms with van der Waals surface area (Å²) in [4.78, 5) is 29.6. The van der Waals surface area contributed by atoms with Crippen LogP contribution in [-0.2, 0) is 17.6 Å². The smallest absolute Gasteiger partial charge is 0.273 e. The first-order valence-electron chi connectivity index (χ1n) is 9.21. The second-order valence-corrected chi connectivity index (χ2v) is 7.09. The van der Waals surface area contributed by atoms with Crippen molar-refractivity contribution >= 4 is 11.8 Å². The third-order valence-corrected chi connectivity index (χ3v) is 5.28. The van der Waals surface area contributed by atoms with Gasteiger partial charge in [0.2, 0.25) is 5.91 Å². The lowest BCUT2D eigenvalue weighted by Gasteiger charge is -2.28. The van der Waals surface area contributed by atoms with Crippen LogP contribution in [0.1, 0.15) is 40.0 Å². The van der Waals surface area contributed by atoms with E-state index >= 15 is 0 Å². The number of carbonyl (C=O) groups excluding carboxylic acids is 2. The minimum atomic E-state index is -0.243. The van der Waals surface area contributed by atoms with Crippen LogP contribution < -0.4 is 0 Å². The number of pyridine rings is 1. The van der Waals surface area contributed by atoms with E-state index in [0.29, 0.717) is 31.0 Å². The third kappa shape index (κ3) is 3.41. The number of nitriles is 1. The molecule has 1 aromatic heterocycles. The minimum Gasteiger partial charge on any atom is -0.273 e. The highest BCUT2D eigenvalue weighted by Crippen LogP contribution is 2.29. The molecule has 0 bridgehead atoms. The Morgan fingerprint density at radius 3 is 2.41 bits per heavy atom. The second-order valence-electron chi connectivity index (χ2n) is 7.09. The molecule has 6 nitrogen and oxygen atoms in total. The molecule has 6 heteroatoms. The second kappa shape index (κ2) is 7.20. The molecule has 0 radical (unpaired) electrons. The number of rotatable bonds is 3. The number of carbonyl (C=O) groups is 2. The van der Waals surface area contributed by atoms with Gasteiger partial charge in [0.15, 0.2) is 0 Å². The number of hydrogen-bond acceptors (Lipinski definition) is 4. The predicted molar refractivity (Wildman–Crippen MR) is 98.3 cm³/mol. The van der Waals surface area contributed by atoms with Gasteiger partial charge in [0, 0.05) is 25.7 Å². The zero-order valence-corrected chi connectivity index (χ0v) is 15.0. The van der Waals surface area contributed by atoms with Gasteiger partial charge in [-0.05, 0) is 48.4 Å². The van der Waals surface area contributed by atoms with E-state index in [2.05, 4.69) is 17.1 Å². The molecular weight excluding hydrogens is 340 g/mol. The number of benzene rings is 1. The van der Waals surface area contributed by atoms with Gasteiger partial charge in [0.05, 0.1) is 5.56 Å². The Hall–Kier alpha value is -3.20. The molecular formula is C21H20N4O2. The Bertz CT molecular complexity index is 892. The van der Waals surface area contributed by atoms with Gasteiger partial charge in [-0.15, -0.1) is 0 Å². The summed E-state index contributed by atoms with van der Waals surface area (Å²) in [6, 6.07) is 13.4. The fraction of sp³-hybridized carbons (Fsp3) is 0.333. The van der Waals surface area contributed by atoms with E-state index in [1.165, 1.54) is 28.4 Å². The summed E-state index contributed by atoms with van der Waals surface area (Å²) in [6.07, 6.45) is 4.46. The van der Waals surface area contributed by atoms with Crippen LogP contribution >= 0.6 is 0 Å². The molecule has 27 heavy (non-hydrogen) atoms. The SMILES string of the molecule is N#Cc1ccc(C(=O)N2CCCN2C(=O)CC2Cc3ccccc3C2)cn1. The molecule has 0 spiro atoms. The van der Waals surface area contributed by atoms with Crippen LogP contribution in [0.2, 0.25) is 0 Å². The Morgan fingerprint density at radius 1 is 1.07 bits per heavy atom. The van der Waals surface area contributed by atoms with E-state index in [-0.39, 0.29) is 17.5 Å². The van der Waals surface area contributed by atoms with E-state index in [1.807, 2.05) is 18.2 Å². The number of amides is 2. The highest BCUT2D eigenvalue weighted by atomic mass is 16.2. The standard InChI is InChI=1S/C21H20N4O2/c22-13-19-7-6-18(14-23-19)21(27)25-9-3-8-24(25)20(26)12-15-10-16-4-1-2-5-17(16)11-15/h1-2,4-7,14-15H,3,8-12H2. The quantitative estimate of drug-likeness (QED) is 0.842. The first-order valence-corrected chi connectivity index (χ1v) is 9.21. The molecule has 2 aromatic rings. The molecule has 1 saturated heterocycles. The Morgan fingerprint density at radius 2 is 1.78 bits per heavy atom. The predicted octanol–water partition coefficient (Wildman–Crippen LogP) is 2.35. The van der Waals surface area contributed by atoms with Gasteiger partial charge >= 0.3 is 0 Å². The van der Waals surface area contributed by atoms with Crippen LogP contribution in [0.5, 0.6) is 0 Å². The van der Waals surface area contributed by atoms with Gasteiger partial charge in [-0.2, -0.15) is 5.26 Å². The summed E-state index contributed by atoms with van der Waals surface area (Å²) in [5.41, 5.74) is 3.31. The van der Waals surface area contributed by atoms with Gasteiger partial charge in [-0.1, -0.05) is 24.3 Å². The van der Waals surface area contributed by atoms with Crippen LogP contribution in [0.15, 0.2) is 42.6 Å². The van der Waals surface area contributed by atoms with Crippen LogP contribution in [0.3, 0.4) is 0 Å². The van der Waals surface area contributed by atoms with Crippen molar-refractivity contribution in [3.8, 4) is 6.07 Å². The van der Waals surface area contributed by atoms with E-state index in [9.17, 15) is 9.59 Å². The van der Waals surface area contributed by atoms with Crippen molar-refractivity contribution in [2.45, 2.75) is 25.7 Å². The van der Waals surface area contributed by atoms with Gasteiger partial charge in [-0.3, -0.25) is 14.6 Å². The summed E-state index contributed by atoms with van der Waals surface area (Å²) in [5, 5.41) is 11.9. The van der Waals surface area contributed by atoms with Gasteiger partial charge in [0.25, 0.3) is 5.91 Å². The number of fused-ring (bicyclic) bond motifs is 1. The van der Waals surface area contributed by atoms with E-state index < -0.39 is 0 Å². The molecule has 4 rings (SSSR count). The van der Waals surface area contributed by atoms with Crippen LogP contribution in [0.4, 0.5) is 0 Å². The zero-order valence-electron chi connectivity index (χ0n) is 15.0. The third-order valence-electron chi connectivity index (χ3n) is 5.28. The fourth-order valence-electron chi connectivity index (χ4n) is 3.96. The molecule has 2 heterocycles. The summed E-state index contributed by atoms with van der Waals surface area (Å²) < 4.78 is 0. The van der Waals surface area contributed by atoms with E-state index in [4.69, 9.17) is 5.26 Å². The number of nitrogens with zero attached hydrogens (tertiary/aromatic N) is 4. The molecule has 1 aliphatic heterocycles. The molecule has 1 aromatic carbocycles. The van der Waals surface area contributed by atoms with E-state index in [0.717, 1.165) is 19.3 Å². The summed E-state index contributed by atoms with van der Waals surface area (Å²) in [7, 11) is 0. The molecule has 0 unspecified atom stereocenters. The van der Waals surface area contributed by atoms with Crippen molar-refractivity contribution in [1.29, 1.82) is 5.26 Å². The first kappa shape index (κ1) is 17.2. The van der Waals surface area contributed by atoms with Crippen LogP contribution in [0, 0.1) is 17.2 Å². The minimum absolute atomic E-state index is 0.000241. The lowest BCUT2D eigenvalue weighted by molar-refractivity contribution is -0.141. The topological polar surface area (TPSA) is 77.3 Å². The lowest BCUT2D eigenvalue weighted by Crippen LogP contribution is -2.45. The van der Waals surface area contributed by atoms with Crippen molar-refractivity contribution in [3.05, 3.63) is 65.0 Å². The summed E-state index contributed by atoms with van der Waals surface area (Å²) in [6.45, 7) is 1.09. The summed E-state index contributed by atoms with van der Waals surface area (Å²) in [5.74, 6) is 0.0526. The molecule has 0 saturated carbocycles. The van der Waals surface area contributed by atoms with Crippen molar-refractivity contribution < 1.29 is 9.59 Å². The molecule has 136 valence electrons. The largest absolute Gasteiger partial charge is 0.274 e. The van der Waals surface area contributed by atoms with Gasteiger partial charge < -0.3 is 0 Å². The Kier molecular flexibility index (Phi) is 4.59. The Balaban J connectivity index is 1.42. The van der Waals surface area contributed by atoms with Crippen LogP contribution in [0.25, 0.3) is 0 Å². The van der Waals surface area contributed by atoms with Gasteiger partial charge in [-0.25, -0.2) is 9.99 Å². The highest BCUT2D eigenvalue weighted by molar-refractivity contribution is 5.95. The summed E-state index contributed by atoms with van der Waals surface area (Å²) >= 11 is 0. The fourth-order valence-corrected chi connectivity index (χ4v) is 3.96. The molecule has 0 N–H and O–H groups in total. The number of hydrazine groups is 1. The van der Waals surface area contributed by atoms with Gasteiger partial charge in [0.1, 0.15) is 11.8 Å². The molecule has 0 atom stereocenters. The van der Waals surface area contributed by atoms with Crippen molar-refractivity contribution in [2.75, 3.05) is 13.1 Å². The van der Waals surface area contributed by atoms with Crippen molar-refractivity contribution in [3.63, 3.8) is 0 Å². The molecule has 1 aliphatic carbocycles. The monoisotopic (exact) mass is 360 g/mol. The molecule has 1 fully saturated rings. The number of hydrogen-bond donors (Lipinski definition) is 0. The average Bonchev–Trinajstić information content (AvgIpc) is 3.34.